The van der Waals surface area contributed by atoms with Gasteiger partial charge in [0.25, 0.3) is 0 Å². The summed E-state index contributed by atoms with van der Waals surface area (Å²) in [6.07, 6.45) is 2.44. The first-order valence-electron chi connectivity index (χ1n) is 11.0. The molecular formula is C24H30N4O2. The zero-order valence-corrected chi connectivity index (χ0v) is 17.7. The van der Waals surface area contributed by atoms with Crippen LogP contribution in [0.2, 0.25) is 0 Å². The Labute approximate surface area is 178 Å². The Hall–Kier alpha value is -2.57. The van der Waals surface area contributed by atoms with E-state index in [2.05, 4.69) is 37.9 Å². The summed E-state index contributed by atoms with van der Waals surface area (Å²) < 4.78 is 11.3. The van der Waals surface area contributed by atoms with Gasteiger partial charge in [-0.05, 0) is 37.1 Å². The first-order chi connectivity index (χ1) is 14.8. The van der Waals surface area contributed by atoms with Gasteiger partial charge in [0.15, 0.2) is 5.58 Å². The highest BCUT2D eigenvalue weighted by molar-refractivity contribution is 5.72. The van der Waals surface area contributed by atoms with E-state index >= 15 is 0 Å². The Bertz CT molecular complexity index is 939. The molecule has 0 amide bonds. The van der Waals surface area contributed by atoms with E-state index in [0.29, 0.717) is 6.04 Å². The van der Waals surface area contributed by atoms with E-state index in [1.165, 1.54) is 18.5 Å². The highest BCUT2D eigenvalue weighted by atomic mass is 16.5. The molecule has 30 heavy (non-hydrogen) atoms. The lowest BCUT2D eigenvalue weighted by Gasteiger charge is -2.43. The van der Waals surface area contributed by atoms with Gasteiger partial charge in [0.1, 0.15) is 11.3 Å². The summed E-state index contributed by atoms with van der Waals surface area (Å²) in [6.45, 7) is 7.45. The number of hydrogen-bond acceptors (Lipinski definition) is 6. The Morgan fingerprint density at radius 2 is 1.77 bits per heavy atom. The summed E-state index contributed by atoms with van der Waals surface area (Å²) in [4.78, 5) is 12.3. The fourth-order valence-electron chi connectivity index (χ4n) is 4.77. The second-order valence-electron chi connectivity index (χ2n) is 8.31. The van der Waals surface area contributed by atoms with Crippen molar-refractivity contribution in [2.45, 2.75) is 25.4 Å². The van der Waals surface area contributed by atoms with Gasteiger partial charge in [0.05, 0.1) is 13.7 Å². The molecule has 0 radical (unpaired) electrons. The minimum Gasteiger partial charge on any atom is -0.497 e. The Morgan fingerprint density at radius 3 is 2.53 bits per heavy atom. The van der Waals surface area contributed by atoms with E-state index < -0.39 is 0 Å². The van der Waals surface area contributed by atoms with Crippen LogP contribution in [0, 0.1) is 0 Å². The van der Waals surface area contributed by atoms with Gasteiger partial charge in [-0.2, -0.15) is 0 Å². The van der Waals surface area contributed by atoms with Crippen LogP contribution >= 0.6 is 0 Å². The number of piperazine rings is 1. The molecule has 2 fully saturated rings. The molecule has 0 N–H and O–H groups in total. The Kier molecular flexibility index (Phi) is 5.60. The number of oxazole rings is 1. The van der Waals surface area contributed by atoms with Gasteiger partial charge in [-0.3, -0.25) is 9.80 Å². The molecule has 0 spiro atoms. The molecule has 3 heterocycles. The van der Waals surface area contributed by atoms with Crippen LogP contribution in [0.5, 0.6) is 5.75 Å². The molecule has 0 bridgehead atoms. The minimum absolute atomic E-state index is 0.692. The van der Waals surface area contributed by atoms with Crippen molar-refractivity contribution in [3.8, 4) is 5.75 Å². The van der Waals surface area contributed by atoms with E-state index in [-0.39, 0.29) is 0 Å². The predicted molar refractivity (Wildman–Crippen MR) is 119 cm³/mol. The molecule has 1 aromatic heterocycles. The molecule has 5 rings (SSSR count). The number of hydrogen-bond donors (Lipinski definition) is 0. The maximum absolute atomic E-state index is 5.91. The predicted octanol–water partition coefficient (Wildman–Crippen LogP) is 3.62. The van der Waals surface area contributed by atoms with E-state index in [1.54, 1.807) is 7.11 Å². The maximum atomic E-state index is 5.91. The molecule has 0 atom stereocenters. The molecule has 2 saturated heterocycles. The summed E-state index contributed by atoms with van der Waals surface area (Å²) >= 11 is 0. The summed E-state index contributed by atoms with van der Waals surface area (Å²) in [5.74, 6) is 1.77. The van der Waals surface area contributed by atoms with Crippen LogP contribution < -0.4 is 9.64 Å². The number of nitrogens with zero attached hydrogens (tertiary/aromatic N) is 4. The smallest absolute Gasteiger partial charge is 0.209 e. The van der Waals surface area contributed by atoms with Crippen molar-refractivity contribution >= 4 is 16.8 Å². The van der Waals surface area contributed by atoms with E-state index in [9.17, 15) is 0 Å². The Morgan fingerprint density at radius 1 is 0.967 bits per heavy atom. The van der Waals surface area contributed by atoms with Crippen LogP contribution in [0.3, 0.4) is 0 Å². The van der Waals surface area contributed by atoms with Gasteiger partial charge in [-0.15, -0.1) is 0 Å². The van der Waals surface area contributed by atoms with Gasteiger partial charge in [0, 0.05) is 57.1 Å². The van der Waals surface area contributed by atoms with Crippen LogP contribution in [0.1, 0.15) is 18.7 Å². The number of para-hydroxylation sites is 2. The van der Waals surface area contributed by atoms with Gasteiger partial charge >= 0.3 is 0 Å². The average Bonchev–Trinajstić information content (AvgIpc) is 3.22. The third-order valence-electron chi connectivity index (χ3n) is 6.50. The van der Waals surface area contributed by atoms with Crippen molar-refractivity contribution in [2.75, 3.05) is 51.3 Å². The molecular weight excluding hydrogens is 376 g/mol. The van der Waals surface area contributed by atoms with Gasteiger partial charge in [0.2, 0.25) is 5.89 Å². The highest BCUT2D eigenvalue weighted by Crippen LogP contribution is 2.25. The van der Waals surface area contributed by atoms with Crippen LogP contribution in [0.4, 0.5) is 5.69 Å². The van der Waals surface area contributed by atoms with Crippen molar-refractivity contribution in [1.82, 2.24) is 14.8 Å². The van der Waals surface area contributed by atoms with Crippen LogP contribution in [-0.4, -0.2) is 67.2 Å². The zero-order chi connectivity index (χ0) is 20.3. The quantitative estimate of drug-likeness (QED) is 0.645. The molecule has 158 valence electrons. The number of anilines is 1. The minimum atomic E-state index is 0.692. The molecule has 2 aliphatic heterocycles. The number of fused-ring (bicyclic) bond motifs is 1. The second kappa shape index (κ2) is 8.66. The van der Waals surface area contributed by atoms with Crippen molar-refractivity contribution in [2.24, 2.45) is 0 Å². The van der Waals surface area contributed by atoms with E-state index in [1.807, 2.05) is 30.3 Å². The highest BCUT2D eigenvalue weighted by Gasteiger charge is 2.28. The molecule has 3 aromatic rings. The number of methoxy groups -OCH3 is 1. The number of likely N-dealkylation sites (tertiary alicyclic amines) is 1. The standard InChI is InChI=1S/C24H30N4O2/c1-29-21-6-4-5-20(17-21)28-15-13-27(14-16-28)19-9-11-26(12-10-19)18-24-25-22-7-2-3-8-23(22)30-24/h2-8,17,19H,9-16,18H2,1H3. The van der Waals surface area contributed by atoms with Gasteiger partial charge in [-0.1, -0.05) is 18.2 Å². The van der Waals surface area contributed by atoms with Crippen molar-refractivity contribution in [1.29, 1.82) is 0 Å². The van der Waals surface area contributed by atoms with Gasteiger partial charge < -0.3 is 14.1 Å². The third-order valence-corrected chi connectivity index (χ3v) is 6.50. The van der Waals surface area contributed by atoms with Crippen LogP contribution in [-0.2, 0) is 6.54 Å². The molecule has 2 aromatic carbocycles. The van der Waals surface area contributed by atoms with E-state index in [0.717, 1.165) is 68.6 Å². The Balaban J connectivity index is 1.11. The lowest BCUT2D eigenvalue weighted by Crippen LogP contribution is -2.53. The maximum Gasteiger partial charge on any atom is 0.209 e. The fourth-order valence-corrected chi connectivity index (χ4v) is 4.77. The monoisotopic (exact) mass is 406 g/mol. The lowest BCUT2D eigenvalue weighted by molar-refractivity contribution is 0.0956. The van der Waals surface area contributed by atoms with Crippen molar-refractivity contribution in [3.05, 3.63) is 54.4 Å². The summed E-state index contributed by atoms with van der Waals surface area (Å²) in [5.41, 5.74) is 3.11. The number of ether oxygens (including phenoxy) is 1. The molecule has 6 heteroatoms. The molecule has 0 saturated carbocycles. The normalized spacial score (nSPS) is 19.4. The number of piperidine rings is 1. The first kappa shape index (κ1) is 19.4. The fraction of sp³-hybridized carbons (Fsp3) is 0.458. The summed E-state index contributed by atoms with van der Waals surface area (Å²) in [6, 6.07) is 17.1. The van der Waals surface area contributed by atoms with E-state index in [4.69, 9.17) is 9.15 Å². The average molecular weight is 407 g/mol. The van der Waals surface area contributed by atoms with Crippen molar-refractivity contribution < 1.29 is 9.15 Å². The molecule has 2 aliphatic rings. The van der Waals surface area contributed by atoms with Crippen LogP contribution in [0.25, 0.3) is 11.1 Å². The topological polar surface area (TPSA) is 45.0 Å². The third kappa shape index (κ3) is 4.16. The summed E-state index contributed by atoms with van der Waals surface area (Å²) in [7, 11) is 1.73. The molecule has 0 unspecified atom stereocenters. The largest absolute Gasteiger partial charge is 0.497 e. The number of benzene rings is 2. The number of aromatic nitrogens is 1. The summed E-state index contributed by atoms with van der Waals surface area (Å²) in [5, 5.41) is 0. The molecule has 0 aliphatic carbocycles. The lowest BCUT2D eigenvalue weighted by atomic mass is 10.0. The van der Waals surface area contributed by atoms with Crippen LogP contribution in [0.15, 0.2) is 52.9 Å². The first-order valence-corrected chi connectivity index (χ1v) is 11.0. The zero-order valence-electron chi connectivity index (χ0n) is 17.7. The number of rotatable bonds is 5. The van der Waals surface area contributed by atoms with Gasteiger partial charge in [-0.25, -0.2) is 4.98 Å². The van der Waals surface area contributed by atoms with Crippen molar-refractivity contribution in [3.63, 3.8) is 0 Å². The SMILES string of the molecule is COc1cccc(N2CCN(C3CCN(Cc4nc5ccccc5o4)CC3)CC2)c1. The molecule has 6 nitrogen and oxygen atoms in total. The second-order valence-corrected chi connectivity index (χ2v) is 8.31.